The van der Waals surface area contributed by atoms with Crippen molar-refractivity contribution in [3.05, 3.63) is 17.5 Å². The zero-order valence-electron chi connectivity index (χ0n) is 7.07. The Hall–Kier alpha value is -1.42. The number of hydrogen-bond acceptors (Lipinski definition) is 4. The van der Waals surface area contributed by atoms with E-state index in [0.29, 0.717) is 11.4 Å². The highest BCUT2D eigenvalue weighted by Crippen LogP contribution is 2.36. The van der Waals surface area contributed by atoms with Crippen molar-refractivity contribution in [2.45, 2.75) is 0 Å². The Kier molecular flexibility index (Phi) is 1.77. The van der Waals surface area contributed by atoms with Crippen molar-refractivity contribution in [2.75, 3.05) is 12.8 Å². The molecule has 0 aliphatic heterocycles. The molecule has 0 saturated carbocycles. The first kappa shape index (κ1) is 8.19. The molecule has 0 aliphatic rings. The van der Waals surface area contributed by atoms with E-state index in [4.69, 9.17) is 10.5 Å². The maximum atomic E-state index is 9.44. The molecule has 0 amide bonds. The summed E-state index contributed by atoms with van der Waals surface area (Å²) in [6.07, 6.45) is 0. The van der Waals surface area contributed by atoms with Gasteiger partial charge in [0.05, 0.1) is 12.8 Å². The average Bonchev–Trinajstić information content (AvgIpc) is 2.46. The van der Waals surface area contributed by atoms with Gasteiger partial charge in [-0.3, -0.25) is 0 Å². The third-order valence-electron chi connectivity index (χ3n) is 1.91. The lowest BCUT2D eigenvalue weighted by molar-refractivity contribution is 0.417. The lowest BCUT2D eigenvalue weighted by Crippen LogP contribution is -1.90. The Bertz CT molecular complexity index is 450. The number of rotatable bonds is 1. The second-order valence-electron chi connectivity index (χ2n) is 2.71. The first-order valence-electron chi connectivity index (χ1n) is 3.76. The summed E-state index contributed by atoms with van der Waals surface area (Å²) in [6, 6.07) is 3.55. The van der Waals surface area contributed by atoms with Gasteiger partial charge in [-0.15, -0.1) is 11.3 Å². The number of aromatic hydroxyl groups is 1. The van der Waals surface area contributed by atoms with Crippen molar-refractivity contribution < 1.29 is 9.84 Å². The molecule has 1 heterocycles. The van der Waals surface area contributed by atoms with Crippen molar-refractivity contribution >= 4 is 27.1 Å². The molecule has 13 heavy (non-hydrogen) atoms. The van der Waals surface area contributed by atoms with Crippen molar-refractivity contribution in [1.82, 2.24) is 0 Å². The van der Waals surface area contributed by atoms with E-state index in [1.807, 2.05) is 0 Å². The first-order chi connectivity index (χ1) is 6.22. The molecule has 0 saturated heterocycles. The summed E-state index contributed by atoms with van der Waals surface area (Å²) in [5, 5.41) is 11.9. The normalized spacial score (nSPS) is 10.5. The SMILES string of the molecule is COc1cc2c(O)csc2cc1N. The van der Waals surface area contributed by atoms with Crippen LogP contribution < -0.4 is 10.5 Å². The summed E-state index contributed by atoms with van der Waals surface area (Å²) >= 11 is 1.46. The number of hydrogen-bond donors (Lipinski definition) is 2. The highest BCUT2D eigenvalue weighted by Gasteiger charge is 2.06. The van der Waals surface area contributed by atoms with Crippen LogP contribution in [0.25, 0.3) is 10.1 Å². The van der Waals surface area contributed by atoms with Crippen LogP contribution in [0.1, 0.15) is 0 Å². The van der Waals surface area contributed by atoms with Gasteiger partial charge in [0.2, 0.25) is 0 Å². The summed E-state index contributed by atoms with van der Waals surface area (Å²) in [5.41, 5.74) is 6.30. The zero-order chi connectivity index (χ0) is 9.42. The number of ether oxygens (including phenoxy) is 1. The van der Waals surface area contributed by atoms with Crippen LogP contribution in [0, 0.1) is 0 Å². The smallest absolute Gasteiger partial charge is 0.142 e. The largest absolute Gasteiger partial charge is 0.506 e. The highest BCUT2D eigenvalue weighted by molar-refractivity contribution is 7.17. The minimum Gasteiger partial charge on any atom is -0.506 e. The molecule has 0 spiro atoms. The molecule has 0 fully saturated rings. The number of nitrogen functional groups attached to an aromatic ring is 1. The minimum atomic E-state index is 0.276. The zero-order valence-corrected chi connectivity index (χ0v) is 7.89. The van der Waals surface area contributed by atoms with E-state index in [0.717, 1.165) is 10.1 Å². The van der Waals surface area contributed by atoms with Crippen LogP contribution in [-0.2, 0) is 0 Å². The van der Waals surface area contributed by atoms with E-state index < -0.39 is 0 Å². The standard InChI is InChI=1S/C9H9NO2S/c1-12-8-2-5-7(11)4-13-9(5)3-6(8)10/h2-4,11H,10H2,1H3. The molecule has 2 rings (SSSR count). The third-order valence-corrected chi connectivity index (χ3v) is 2.84. The Morgan fingerprint density at radius 2 is 2.23 bits per heavy atom. The van der Waals surface area contributed by atoms with Crippen LogP contribution in [-0.4, -0.2) is 12.2 Å². The van der Waals surface area contributed by atoms with Gasteiger partial charge in [0.25, 0.3) is 0 Å². The summed E-state index contributed by atoms with van der Waals surface area (Å²) in [4.78, 5) is 0. The number of thiophene rings is 1. The fraction of sp³-hybridized carbons (Fsp3) is 0.111. The van der Waals surface area contributed by atoms with E-state index >= 15 is 0 Å². The summed E-state index contributed by atoms with van der Waals surface area (Å²) in [6.45, 7) is 0. The predicted molar refractivity (Wildman–Crippen MR) is 54.5 cm³/mol. The van der Waals surface area contributed by atoms with E-state index in [1.165, 1.54) is 11.3 Å². The number of methoxy groups -OCH3 is 1. The number of fused-ring (bicyclic) bond motifs is 1. The monoisotopic (exact) mass is 195 g/mol. The van der Waals surface area contributed by atoms with E-state index in [2.05, 4.69) is 0 Å². The Morgan fingerprint density at radius 3 is 2.92 bits per heavy atom. The van der Waals surface area contributed by atoms with Gasteiger partial charge in [-0.05, 0) is 12.1 Å². The Labute approximate surface area is 79.4 Å². The van der Waals surface area contributed by atoms with Gasteiger partial charge in [-0.1, -0.05) is 0 Å². The predicted octanol–water partition coefficient (Wildman–Crippen LogP) is 2.20. The molecule has 0 bridgehead atoms. The van der Waals surface area contributed by atoms with E-state index in [1.54, 1.807) is 24.6 Å². The van der Waals surface area contributed by atoms with Crippen LogP contribution in [0.2, 0.25) is 0 Å². The second kappa shape index (κ2) is 2.81. The number of anilines is 1. The van der Waals surface area contributed by atoms with Crippen molar-refractivity contribution in [3.8, 4) is 11.5 Å². The molecular formula is C9H9NO2S. The molecular weight excluding hydrogens is 186 g/mol. The van der Waals surface area contributed by atoms with E-state index in [-0.39, 0.29) is 5.75 Å². The lowest BCUT2D eigenvalue weighted by Gasteiger charge is -2.03. The topological polar surface area (TPSA) is 55.5 Å². The van der Waals surface area contributed by atoms with Crippen molar-refractivity contribution in [2.24, 2.45) is 0 Å². The van der Waals surface area contributed by atoms with Gasteiger partial charge in [0.15, 0.2) is 0 Å². The average molecular weight is 195 g/mol. The molecule has 3 nitrogen and oxygen atoms in total. The fourth-order valence-corrected chi connectivity index (χ4v) is 2.08. The van der Waals surface area contributed by atoms with Gasteiger partial charge in [-0.2, -0.15) is 0 Å². The van der Waals surface area contributed by atoms with Gasteiger partial charge in [-0.25, -0.2) is 0 Å². The molecule has 3 N–H and O–H groups in total. The van der Waals surface area contributed by atoms with Crippen LogP contribution in [0.15, 0.2) is 17.5 Å². The van der Waals surface area contributed by atoms with Crippen LogP contribution in [0.3, 0.4) is 0 Å². The molecule has 2 aromatic rings. The molecule has 0 unspecified atom stereocenters. The minimum absolute atomic E-state index is 0.276. The quantitative estimate of drug-likeness (QED) is 0.686. The maximum absolute atomic E-state index is 9.44. The summed E-state index contributed by atoms with van der Waals surface area (Å²) in [7, 11) is 1.56. The second-order valence-corrected chi connectivity index (χ2v) is 3.62. The maximum Gasteiger partial charge on any atom is 0.142 e. The highest BCUT2D eigenvalue weighted by atomic mass is 32.1. The number of benzene rings is 1. The first-order valence-corrected chi connectivity index (χ1v) is 4.64. The third kappa shape index (κ3) is 1.19. The van der Waals surface area contributed by atoms with Gasteiger partial charge < -0.3 is 15.6 Å². The Morgan fingerprint density at radius 1 is 1.46 bits per heavy atom. The van der Waals surface area contributed by atoms with Gasteiger partial charge >= 0.3 is 0 Å². The van der Waals surface area contributed by atoms with E-state index in [9.17, 15) is 5.11 Å². The Balaban J connectivity index is 2.77. The van der Waals surface area contributed by atoms with Crippen molar-refractivity contribution in [1.29, 1.82) is 0 Å². The van der Waals surface area contributed by atoms with Gasteiger partial charge in [0, 0.05) is 15.5 Å². The summed E-state index contributed by atoms with van der Waals surface area (Å²) < 4.78 is 6.01. The molecule has 68 valence electrons. The summed E-state index contributed by atoms with van der Waals surface area (Å²) in [5.74, 6) is 0.875. The molecule has 0 atom stereocenters. The van der Waals surface area contributed by atoms with Gasteiger partial charge in [0.1, 0.15) is 11.5 Å². The molecule has 1 aromatic carbocycles. The van der Waals surface area contributed by atoms with Crippen LogP contribution in [0.5, 0.6) is 11.5 Å². The van der Waals surface area contributed by atoms with Crippen molar-refractivity contribution in [3.63, 3.8) is 0 Å². The van der Waals surface area contributed by atoms with Crippen LogP contribution >= 0.6 is 11.3 Å². The molecule has 0 aliphatic carbocycles. The molecule has 0 radical (unpaired) electrons. The lowest BCUT2D eigenvalue weighted by atomic mass is 10.2. The number of nitrogens with two attached hydrogens (primary N) is 1. The molecule has 4 heteroatoms. The molecule has 1 aromatic heterocycles. The van der Waals surface area contributed by atoms with Crippen LogP contribution in [0.4, 0.5) is 5.69 Å². The fourth-order valence-electron chi connectivity index (χ4n) is 1.23.